The maximum absolute atomic E-state index is 10.5. The van der Waals surface area contributed by atoms with Crippen LogP contribution in [0.3, 0.4) is 0 Å². The molecule has 0 aliphatic carbocycles. The highest BCUT2D eigenvalue weighted by atomic mass is 16.4. The van der Waals surface area contributed by atoms with E-state index < -0.39 is 5.97 Å². The fourth-order valence-corrected chi connectivity index (χ4v) is 4.89. The van der Waals surface area contributed by atoms with Crippen LogP contribution in [0, 0.1) is 0 Å². The van der Waals surface area contributed by atoms with Crippen LogP contribution in [-0.4, -0.2) is 36.6 Å². The Balaban J connectivity index is 4.49. The van der Waals surface area contributed by atoms with E-state index in [1.165, 1.54) is 140 Å². The van der Waals surface area contributed by atoms with Crippen molar-refractivity contribution in [2.45, 2.75) is 149 Å². The number of rotatable bonds is 25. The molecule has 0 aromatic rings. The topological polar surface area (TPSA) is 40.1 Å². The van der Waals surface area contributed by atoms with Crippen molar-refractivity contribution in [3.05, 3.63) is 0 Å². The quantitative estimate of drug-likeness (QED) is 0.110. The molecule has 0 aliphatic heterocycles. The van der Waals surface area contributed by atoms with Crippen LogP contribution in [0.1, 0.15) is 149 Å². The predicted molar refractivity (Wildman–Crippen MR) is 134 cm³/mol. The van der Waals surface area contributed by atoms with Crippen LogP contribution in [0.15, 0.2) is 0 Å². The van der Waals surface area contributed by atoms with E-state index in [1.54, 1.807) is 0 Å². The standard InChI is InChI=1S/C28H57NO2/c1-4-7-10-19-24-29(25-20-11-8-5-2,26-21-12-9-6-3)27-22-17-15-13-14-16-18-23-28(30)31/h4-27H2,1-3H3. The van der Waals surface area contributed by atoms with Gasteiger partial charge in [0.2, 0.25) is 0 Å². The van der Waals surface area contributed by atoms with E-state index in [0.29, 0.717) is 0 Å². The van der Waals surface area contributed by atoms with Gasteiger partial charge in [0, 0.05) is 5.97 Å². The second-order valence-electron chi connectivity index (χ2n) is 10.0. The zero-order valence-electron chi connectivity index (χ0n) is 21.7. The Kier molecular flexibility index (Phi) is 22.2. The fourth-order valence-electron chi connectivity index (χ4n) is 4.89. The lowest BCUT2D eigenvalue weighted by atomic mass is 10.1. The fraction of sp³-hybridized carbons (Fsp3) is 0.964. The van der Waals surface area contributed by atoms with Crippen molar-refractivity contribution in [2.75, 3.05) is 26.2 Å². The first-order valence-electron chi connectivity index (χ1n) is 14.1. The van der Waals surface area contributed by atoms with Crippen LogP contribution in [0.25, 0.3) is 0 Å². The normalized spacial score (nSPS) is 11.8. The van der Waals surface area contributed by atoms with Gasteiger partial charge in [-0.05, 0) is 64.2 Å². The zero-order valence-corrected chi connectivity index (χ0v) is 21.7. The summed E-state index contributed by atoms with van der Waals surface area (Å²) in [5, 5.41) is 10.5. The number of unbranched alkanes of at least 4 members (excludes halogenated alkanes) is 15. The molecule has 3 nitrogen and oxygen atoms in total. The van der Waals surface area contributed by atoms with Crippen LogP contribution in [-0.2, 0) is 4.79 Å². The van der Waals surface area contributed by atoms with Crippen molar-refractivity contribution in [1.82, 2.24) is 0 Å². The smallest absolute Gasteiger partial charge is 0.0786 e. The minimum Gasteiger partial charge on any atom is -0.550 e. The Morgan fingerprint density at radius 3 is 1.10 bits per heavy atom. The Morgan fingerprint density at radius 1 is 0.484 bits per heavy atom. The molecule has 0 aliphatic rings. The van der Waals surface area contributed by atoms with Gasteiger partial charge in [-0.1, -0.05) is 85.0 Å². The number of carboxylic acids is 1. The summed E-state index contributed by atoms with van der Waals surface area (Å²) in [4.78, 5) is 10.5. The lowest BCUT2D eigenvalue weighted by Gasteiger charge is -2.39. The molecule has 0 spiro atoms. The van der Waals surface area contributed by atoms with E-state index in [-0.39, 0.29) is 6.42 Å². The molecule has 0 saturated heterocycles. The molecule has 186 valence electrons. The molecule has 0 fully saturated rings. The molecule has 0 saturated carbocycles. The van der Waals surface area contributed by atoms with Crippen LogP contribution in [0.5, 0.6) is 0 Å². The van der Waals surface area contributed by atoms with Gasteiger partial charge in [0.15, 0.2) is 0 Å². The highest BCUT2D eigenvalue weighted by Gasteiger charge is 2.25. The summed E-state index contributed by atoms with van der Waals surface area (Å²) in [6.07, 6.45) is 25.2. The van der Waals surface area contributed by atoms with Crippen LogP contribution in [0.2, 0.25) is 0 Å². The molecule has 0 amide bonds. The van der Waals surface area contributed by atoms with Gasteiger partial charge in [-0.25, -0.2) is 0 Å². The highest BCUT2D eigenvalue weighted by molar-refractivity contribution is 5.63. The van der Waals surface area contributed by atoms with Gasteiger partial charge in [-0.3, -0.25) is 0 Å². The van der Waals surface area contributed by atoms with Gasteiger partial charge in [0.1, 0.15) is 0 Å². The average molecular weight is 440 g/mol. The summed E-state index contributed by atoms with van der Waals surface area (Å²) in [5.74, 6) is -0.897. The molecule has 0 aromatic heterocycles. The van der Waals surface area contributed by atoms with E-state index in [2.05, 4.69) is 20.8 Å². The van der Waals surface area contributed by atoms with Crippen LogP contribution < -0.4 is 5.11 Å². The maximum atomic E-state index is 10.5. The van der Waals surface area contributed by atoms with Crippen molar-refractivity contribution in [1.29, 1.82) is 0 Å². The van der Waals surface area contributed by atoms with E-state index >= 15 is 0 Å². The van der Waals surface area contributed by atoms with Gasteiger partial charge in [0.25, 0.3) is 0 Å². The first kappa shape index (κ1) is 30.4. The summed E-state index contributed by atoms with van der Waals surface area (Å²) in [7, 11) is 0. The van der Waals surface area contributed by atoms with E-state index in [1.807, 2.05) is 0 Å². The Morgan fingerprint density at radius 2 is 0.774 bits per heavy atom. The predicted octanol–water partition coefficient (Wildman–Crippen LogP) is 7.41. The molecule has 0 unspecified atom stereocenters. The highest BCUT2D eigenvalue weighted by Crippen LogP contribution is 2.20. The van der Waals surface area contributed by atoms with Crippen molar-refractivity contribution in [3.63, 3.8) is 0 Å². The summed E-state index contributed by atoms with van der Waals surface area (Å²) in [6.45, 7) is 12.5. The van der Waals surface area contributed by atoms with Gasteiger partial charge < -0.3 is 14.4 Å². The first-order chi connectivity index (χ1) is 15.1. The third-order valence-corrected chi connectivity index (χ3v) is 6.97. The van der Waals surface area contributed by atoms with Gasteiger partial charge in [0.05, 0.1) is 26.2 Å². The molecule has 0 bridgehead atoms. The Labute approximate surface area is 196 Å². The molecule has 3 heteroatoms. The second-order valence-corrected chi connectivity index (χ2v) is 10.0. The molecule has 31 heavy (non-hydrogen) atoms. The molecular formula is C28H57NO2. The number of carbonyl (C=O) groups is 1. The van der Waals surface area contributed by atoms with Gasteiger partial charge in [-0.2, -0.15) is 0 Å². The van der Waals surface area contributed by atoms with Gasteiger partial charge in [-0.15, -0.1) is 0 Å². The minimum absolute atomic E-state index is 0.230. The first-order valence-corrected chi connectivity index (χ1v) is 14.1. The molecular weight excluding hydrogens is 382 g/mol. The summed E-state index contributed by atoms with van der Waals surface area (Å²) >= 11 is 0. The molecule has 0 radical (unpaired) electrons. The number of hydrogen-bond donors (Lipinski definition) is 0. The number of carbonyl (C=O) groups excluding carboxylic acids is 1. The number of carboxylic acid groups (broad SMARTS) is 1. The SMILES string of the molecule is CCCCCC[N+](CCCCCC)(CCCCCC)CCCCCCCCCC(=O)[O-]. The van der Waals surface area contributed by atoms with Crippen LogP contribution in [0.4, 0.5) is 0 Å². The van der Waals surface area contributed by atoms with E-state index in [0.717, 1.165) is 12.8 Å². The average Bonchev–Trinajstić information content (AvgIpc) is 2.76. The Bertz CT molecular complexity index is 352. The zero-order chi connectivity index (χ0) is 23.0. The lowest BCUT2D eigenvalue weighted by molar-refractivity contribution is -0.929. The van der Waals surface area contributed by atoms with Crippen LogP contribution >= 0.6 is 0 Å². The monoisotopic (exact) mass is 439 g/mol. The number of hydrogen-bond acceptors (Lipinski definition) is 2. The number of nitrogens with zero attached hydrogens (tertiary/aromatic N) is 1. The number of quaternary nitrogens is 1. The summed E-state index contributed by atoms with van der Waals surface area (Å²) < 4.78 is 1.39. The van der Waals surface area contributed by atoms with Crippen molar-refractivity contribution >= 4 is 5.97 Å². The number of aliphatic carboxylic acids is 1. The molecule has 0 heterocycles. The molecule has 0 aromatic carbocycles. The maximum Gasteiger partial charge on any atom is 0.0786 e. The minimum atomic E-state index is -0.897. The third-order valence-electron chi connectivity index (χ3n) is 6.97. The third kappa shape index (κ3) is 19.8. The van der Waals surface area contributed by atoms with Crippen molar-refractivity contribution < 1.29 is 14.4 Å². The Hall–Kier alpha value is -0.570. The van der Waals surface area contributed by atoms with E-state index in [4.69, 9.17) is 0 Å². The van der Waals surface area contributed by atoms with Crippen molar-refractivity contribution in [2.24, 2.45) is 0 Å². The molecule has 0 N–H and O–H groups in total. The lowest BCUT2D eigenvalue weighted by Crippen LogP contribution is -2.50. The summed E-state index contributed by atoms with van der Waals surface area (Å²) in [5.41, 5.74) is 0. The summed E-state index contributed by atoms with van der Waals surface area (Å²) in [6, 6.07) is 0. The van der Waals surface area contributed by atoms with Crippen molar-refractivity contribution in [3.8, 4) is 0 Å². The molecule has 0 atom stereocenters. The molecule has 0 rings (SSSR count). The second kappa shape index (κ2) is 22.6. The largest absolute Gasteiger partial charge is 0.550 e. The van der Waals surface area contributed by atoms with Gasteiger partial charge >= 0.3 is 0 Å². The van der Waals surface area contributed by atoms with E-state index in [9.17, 15) is 9.90 Å².